The predicted molar refractivity (Wildman–Crippen MR) is 66.2 cm³/mol. The van der Waals surface area contributed by atoms with Gasteiger partial charge in [0.1, 0.15) is 5.82 Å². The van der Waals surface area contributed by atoms with Crippen molar-refractivity contribution in [3.63, 3.8) is 0 Å². The Balaban J connectivity index is 2.42. The molecule has 84 valence electrons. The molecule has 0 atom stereocenters. The van der Waals surface area contributed by atoms with E-state index < -0.39 is 0 Å². The molecule has 0 spiro atoms. The zero-order valence-electron chi connectivity index (χ0n) is 9.70. The van der Waals surface area contributed by atoms with Crippen LogP contribution in [0, 0.1) is 5.82 Å². The molecule has 0 saturated carbocycles. The molecule has 0 aliphatic carbocycles. The molecule has 2 rings (SSSR count). The van der Waals surface area contributed by atoms with E-state index in [0.717, 1.165) is 23.7 Å². The third kappa shape index (κ3) is 2.22. The van der Waals surface area contributed by atoms with E-state index in [0.29, 0.717) is 0 Å². The van der Waals surface area contributed by atoms with Crippen LogP contribution in [0.5, 0.6) is 0 Å². The van der Waals surface area contributed by atoms with Crippen LogP contribution in [0.15, 0.2) is 36.4 Å². The van der Waals surface area contributed by atoms with Crippen LogP contribution in [0.2, 0.25) is 0 Å². The van der Waals surface area contributed by atoms with E-state index in [2.05, 4.69) is 4.90 Å². The van der Waals surface area contributed by atoms with E-state index in [4.69, 9.17) is 0 Å². The molecule has 2 aromatic carbocycles. The van der Waals surface area contributed by atoms with Gasteiger partial charge >= 0.3 is 0 Å². The largest absolute Gasteiger partial charge is 0.309 e. The number of likely N-dealkylation sites (N-methyl/N-ethyl adjacent to an activating group) is 1. The fraction of sp³-hybridized carbons (Fsp3) is 0.286. The third-order valence-corrected chi connectivity index (χ3v) is 2.79. The molecule has 0 N–H and O–H groups in total. The number of fused-ring (bicyclic) bond motifs is 1. The van der Waals surface area contributed by atoms with Gasteiger partial charge in [0, 0.05) is 11.9 Å². The molecular weight excluding hydrogens is 201 g/mol. The molecule has 0 fully saturated rings. The summed E-state index contributed by atoms with van der Waals surface area (Å²) >= 11 is 0. The van der Waals surface area contributed by atoms with Gasteiger partial charge in [-0.2, -0.15) is 0 Å². The van der Waals surface area contributed by atoms with Crippen molar-refractivity contribution in [2.24, 2.45) is 0 Å². The second-order valence-electron chi connectivity index (χ2n) is 4.31. The van der Waals surface area contributed by atoms with Crippen LogP contribution in [-0.2, 0) is 6.42 Å². The van der Waals surface area contributed by atoms with Gasteiger partial charge in [-0.05, 0) is 37.5 Å². The lowest BCUT2D eigenvalue weighted by atomic mass is 10.0. The molecule has 0 heterocycles. The van der Waals surface area contributed by atoms with Gasteiger partial charge in [-0.15, -0.1) is 0 Å². The van der Waals surface area contributed by atoms with Crippen molar-refractivity contribution in [3.05, 3.63) is 47.8 Å². The van der Waals surface area contributed by atoms with Crippen molar-refractivity contribution >= 4 is 10.8 Å². The Morgan fingerprint density at radius 3 is 2.38 bits per heavy atom. The van der Waals surface area contributed by atoms with Gasteiger partial charge in [0.2, 0.25) is 0 Å². The van der Waals surface area contributed by atoms with E-state index in [1.807, 2.05) is 44.4 Å². The van der Waals surface area contributed by atoms with Gasteiger partial charge in [0.15, 0.2) is 0 Å². The second-order valence-corrected chi connectivity index (χ2v) is 4.31. The summed E-state index contributed by atoms with van der Waals surface area (Å²) in [5, 5.41) is 1.75. The van der Waals surface area contributed by atoms with Crippen molar-refractivity contribution in [1.29, 1.82) is 0 Å². The monoisotopic (exact) mass is 217 g/mol. The summed E-state index contributed by atoms with van der Waals surface area (Å²) in [6.45, 7) is 0.982. The minimum absolute atomic E-state index is 0.135. The van der Waals surface area contributed by atoms with Gasteiger partial charge in [0.05, 0.1) is 0 Å². The number of hydrogen-bond acceptors (Lipinski definition) is 1. The highest BCUT2D eigenvalue weighted by Crippen LogP contribution is 2.22. The number of benzene rings is 2. The van der Waals surface area contributed by atoms with Crippen molar-refractivity contribution < 1.29 is 4.39 Å². The van der Waals surface area contributed by atoms with Crippen molar-refractivity contribution in [3.8, 4) is 0 Å². The highest BCUT2D eigenvalue weighted by atomic mass is 19.1. The standard InChI is InChI=1S/C14H16FN/c1-16(2)10-9-11-7-8-14(15)13-6-4-3-5-12(11)13/h3-8H,9-10H2,1-2H3. The topological polar surface area (TPSA) is 3.24 Å². The van der Waals surface area contributed by atoms with Crippen LogP contribution in [0.4, 0.5) is 4.39 Å². The van der Waals surface area contributed by atoms with Gasteiger partial charge in [-0.25, -0.2) is 4.39 Å². The first-order valence-corrected chi connectivity index (χ1v) is 5.49. The Morgan fingerprint density at radius 1 is 1.00 bits per heavy atom. The van der Waals surface area contributed by atoms with E-state index >= 15 is 0 Å². The smallest absolute Gasteiger partial charge is 0.131 e. The zero-order valence-corrected chi connectivity index (χ0v) is 9.70. The number of halogens is 1. The zero-order chi connectivity index (χ0) is 11.5. The van der Waals surface area contributed by atoms with Crippen molar-refractivity contribution in [2.45, 2.75) is 6.42 Å². The molecule has 0 aromatic heterocycles. The molecule has 2 heteroatoms. The Morgan fingerprint density at radius 2 is 1.69 bits per heavy atom. The maximum Gasteiger partial charge on any atom is 0.131 e. The fourth-order valence-electron chi connectivity index (χ4n) is 1.89. The molecule has 0 aliphatic rings. The van der Waals surface area contributed by atoms with Gasteiger partial charge in [-0.1, -0.05) is 30.3 Å². The molecular formula is C14H16FN. The molecule has 0 amide bonds. The van der Waals surface area contributed by atoms with Crippen molar-refractivity contribution in [2.75, 3.05) is 20.6 Å². The van der Waals surface area contributed by atoms with Gasteiger partial charge < -0.3 is 4.90 Å². The van der Waals surface area contributed by atoms with Crippen LogP contribution in [0.25, 0.3) is 10.8 Å². The minimum Gasteiger partial charge on any atom is -0.309 e. The van der Waals surface area contributed by atoms with Crippen LogP contribution in [-0.4, -0.2) is 25.5 Å². The highest BCUT2D eigenvalue weighted by Gasteiger charge is 2.05. The lowest BCUT2D eigenvalue weighted by Gasteiger charge is -2.11. The summed E-state index contributed by atoms with van der Waals surface area (Å²) in [4.78, 5) is 2.14. The lowest BCUT2D eigenvalue weighted by molar-refractivity contribution is 0.414. The molecule has 0 bridgehead atoms. The second kappa shape index (κ2) is 4.62. The van der Waals surface area contributed by atoms with E-state index in [9.17, 15) is 4.39 Å². The first kappa shape index (κ1) is 11.1. The SMILES string of the molecule is CN(C)CCc1ccc(F)c2ccccc12. The van der Waals surface area contributed by atoms with Gasteiger partial charge in [-0.3, -0.25) is 0 Å². The highest BCUT2D eigenvalue weighted by molar-refractivity contribution is 5.86. The lowest BCUT2D eigenvalue weighted by Crippen LogP contribution is -2.15. The average molecular weight is 217 g/mol. The third-order valence-electron chi connectivity index (χ3n) is 2.79. The van der Waals surface area contributed by atoms with Crippen molar-refractivity contribution in [1.82, 2.24) is 4.90 Å². The number of rotatable bonds is 3. The fourth-order valence-corrected chi connectivity index (χ4v) is 1.89. The van der Waals surface area contributed by atoms with Crippen LogP contribution in [0.1, 0.15) is 5.56 Å². The Hall–Kier alpha value is -1.41. The molecule has 16 heavy (non-hydrogen) atoms. The summed E-state index contributed by atoms with van der Waals surface area (Å²) in [5.74, 6) is -0.135. The molecule has 2 aromatic rings. The van der Waals surface area contributed by atoms with Gasteiger partial charge in [0.25, 0.3) is 0 Å². The number of hydrogen-bond donors (Lipinski definition) is 0. The first-order valence-electron chi connectivity index (χ1n) is 5.49. The summed E-state index contributed by atoms with van der Waals surface area (Å²) in [6, 6.07) is 11.1. The first-order chi connectivity index (χ1) is 7.68. The normalized spacial score (nSPS) is 11.2. The maximum atomic E-state index is 13.6. The average Bonchev–Trinajstić information content (AvgIpc) is 2.28. The van der Waals surface area contributed by atoms with E-state index in [1.165, 1.54) is 5.56 Å². The Kier molecular flexibility index (Phi) is 3.20. The predicted octanol–water partition coefficient (Wildman–Crippen LogP) is 3.08. The summed E-state index contributed by atoms with van der Waals surface area (Å²) < 4.78 is 13.6. The number of nitrogens with zero attached hydrogens (tertiary/aromatic N) is 1. The molecule has 0 unspecified atom stereocenters. The molecule has 1 nitrogen and oxygen atoms in total. The van der Waals surface area contributed by atoms with E-state index in [1.54, 1.807) is 6.07 Å². The van der Waals surface area contributed by atoms with Crippen LogP contribution in [0.3, 0.4) is 0 Å². The molecule has 0 radical (unpaired) electrons. The summed E-state index contributed by atoms with van der Waals surface area (Å²) in [5.41, 5.74) is 1.21. The molecule has 0 saturated heterocycles. The van der Waals surface area contributed by atoms with Crippen LogP contribution >= 0.6 is 0 Å². The Labute approximate surface area is 95.5 Å². The maximum absolute atomic E-state index is 13.6. The molecule has 0 aliphatic heterocycles. The van der Waals surface area contributed by atoms with E-state index in [-0.39, 0.29) is 5.82 Å². The summed E-state index contributed by atoms with van der Waals surface area (Å²) in [6.07, 6.45) is 0.952. The van der Waals surface area contributed by atoms with Crippen LogP contribution < -0.4 is 0 Å². The minimum atomic E-state index is -0.135. The summed E-state index contributed by atoms with van der Waals surface area (Å²) in [7, 11) is 4.09. The Bertz CT molecular complexity index is 491. The quantitative estimate of drug-likeness (QED) is 0.763.